The zero-order valence-corrected chi connectivity index (χ0v) is 17.6. The largest absolute Gasteiger partial charge is 0.353 e. The molecule has 0 spiro atoms. The van der Waals surface area contributed by atoms with Crippen LogP contribution in [0.5, 0.6) is 0 Å². The number of hydrogen-bond acceptors (Lipinski definition) is 5. The Morgan fingerprint density at radius 3 is 2.48 bits per heavy atom. The molecule has 0 saturated carbocycles. The number of benzene rings is 2. The van der Waals surface area contributed by atoms with E-state index in [9.17, 15) is 23.6 Å². The van der Waals surface area contributed by atoms with Gasteiger partial charge < -0.3 is 10.6 Å². The number of imide groups is 1. The van der Waals surface area contributed by atoms with Gasteiger partial charge in [-0.3, -0.25) is 24.1 Å². The van der Waals surface area contributed by atoms with E-state index in [0.717, 1.165) is 16.7 Å². The van der Waals surface area contributed by atoms with Crippen LogP contribution < -0.4 is 10.6 Å². The highest BCUT2D eigenvalue weighted by atomic mass is 35.5. The summed E-state index contributed by atoms with van der Waals surface area (Å²) in [7, 11) is 0. The highest BCUT2D eigenvalue weighted by Crippen LogP contribution is 2.31. The molecule has 0 unspecified atom stereocenters. The number of hydrogen-bond donors (Lipinski definition) is 2. The summed E-state index contributed by atoms with van der Waals surface area (Å²) < 4.78 is 13.0. The van der Waals surface area contributed by atoms with Crippen LogP contribution >= 0.6 is 23.4 Å². The number of carbonyl (C=O) groups excluding carboxylic acids is 4. The highest BCUT2D eigenvalue weighted by molar-refractivity contribution is 8.18. The van der Waals surface area contributed by atoms with E-state index in [1.807, 2.05) is 0 Å². The summed E-state index contributed by atoms with van der Waals surface area (Å²) in [5.41, 5.74) is 0.845. The number of nitrogens with one attached hydrogen (secondary N) is 2. The third-order valence-corrected chi connectivity index (χ3v) is 5.46. The first-order valence-electron chi connectivity index (χ1n) is 9.15. The Kier molecular flexibility index (Phi) is 7.43. The second-order valence-electron chi connectivity index (χ2n) is 6.40. The predicted octanol–water partition coefficient (Wildman–Crippen LogP) is 3.06. The zero-order chi connectivity index (χ0) is 22.4. The molecule has 31 heavy (non-hydrogen) atoms. The summed E-state index contributed by atoms with van der Waals surface area (Å²) in [4.78, 5) is 49.7. The normalized spacial score (nSPS) is 14.8. The summed E-state index contributed by atoms with van der Waals surface area (Å²) in [6, 6.07) is 12.0. The smallest absolute Gasteiger partial charge is 0.293 e. The van der Waals surface area contributed by atoms with E-state index in [2.05, 4.69) is 10.6 Å². The minimum atomic E-state index is -0.488. The van der Waals surface area contributed by atoms with Gasteiger partial charge >= 0.3 is 0 Å². The van der Waals surface area contributed by atoms with Gasteiger partial charge in [0.05, 0.1) is 22.0 Å². The molecule has 2 aromatic rings. The second kappa shape index (κ2) is 10.2. The number of thioether (sulfide) groups is 1. The lowest BCUT2D eigenvalue weighted by Crippen LogP contribution is -2.41. The molecule has 7 nitrogen and oxygen atoms in total. The first-order valence-corrected chi connectivity index (χ1v) is 10.3. The molecule has 0 aromatic heterocycles. The Morgan fingerprint density at radius 2 is 1.77 bits per heavy atom. The number of carbonyl (C=O) groups is 4. The highest BCUT2D eigenvalue weighted by Gasteiger charge is 2.34. The van der Waals surface area contributed by atoms with Gasteiger partial charge in [0.25, 0.3) is 17.1 Å². The van der Waals surface area contributed by atoms with Gasteiger partial charge in [-0.2, -0.15) is 0 Å². The quantitative estimate of drug-likeness (QED) is 0.618. The monoisotopic (exact) mass is 461 g/mol. The van der Waals surface area contributed by atoms with Gasteiger partial charge in [0, 0.05) is 13.1 Å². The maximum Gasteiger partial charge on any atom is 0.293 e. The minimum Gasteiger partial charge on any atom is -0.353 e. The van der Waals surface area contributed by atoms with Crippen LogP contribution in [-0.2, 0) is 9.59 Å². The van der Waals surface area contributed by atoms with Gasteiger partial charge in [-0.1, -0.05) is 35.9 Å². The first-order chi connectivity index (χ1) is 14.8. The van der Waals surface area contributed by atoms with Crippen LogP contribution in [0.25, 0.3) is 6.08 Å². The van der Waals surface area contributed by atoms with Crippen LogP contribution in [0, 0.1) is 5.82 Å². The summed E-state index contributed by atoms with van der Waals surface area (Å²) in [5.74, 6) is -1.85. The van der Waals surface area contributed by atoms with Crippen molar-refractivity contribution in [2.24, 2.45) is 0 Å². The molecule has 3 rings (SSSR count). The predicted molar refractivity (Wildman–Crippen MR) is 116 cm³/mol. The molecule has 2 N–H and O–H groups in total. The average Bonchev–Trinajstić information content (AvgIpc) is 3.01. The fourth-order valence-electron chi connectivity index (χ4n) is 2.67. The van der Waals surface area contributed by atoms with Gasteiger partial charge in [-0.25, -0.2) is 4.39 Å². The second-order valence-corrected chi connectivity index (χ2v) is 7.80. The third kappa shape index (κ3) is 5.93. The van der Waals surface area contributed by atoms with Gasteiger partial charge in [-0.05, 0) is 47.7 Å². The van der Waals surface area contributed by atoms with Crippen LogP contribution in [0.4, 0.5) is 9.18 Å². The SMILES string of the molecule is O=C(CNC(=O)c1ccccc1Cl)NCCN1C(=O)S/C(=C/c2ccc(F)cc2)C1=O. The van der Waals surface area contributed by atoms with E-state index in [-0.39, 0.29) is 35.1 Å². The number of amides is 4. The molecule has 0 bridgehead atoms. The van der Waals surface area contributed by atoms with E-state index in [4.69, 9.17) is 11.6 Å². The van der Waals surface area contributed by atoms with E-state index >= 15 is 0 Å². The summed E-state index contributed by atoms with van der Waals surface area (Å²) in [6.07, 6.45) is 1.51. The first kappa shape index (κ1) is 22.5. The van der Waals surface area contributed by atoms with E-state index in [1.54, 1.807) is 18.2 Å². The van der Waals surface area contributed by atoms with E-state index in [1.165, 1.54) is 36.4 Å². The van der Waals surface area contributed by atoms with Crippen molar-refractivity contribution in [3.8, 4) is 0 Å². The Bertz CT molecular complexity index is 1060. The van der Waals surface area contributed by atoms with Crippen LogP contribution in [-0.4, -0.2) is 47.5 Å². The van der Waals surface area contributed by atoms with Crippen molar-refractivity contribution in [1.82, 2.24) is 15.5 Å². The maximum atomic E-state index is 13.0. The molecule has 1 fully saturated rings. The van der Waals surface area contributed by atoms with Crippen LogP contribution in [0.15, 0.2) is 53.4 Å². The lowest BCUT2D eigenvalue weighted by Gasteiger charge is -2.13. The molecule has 1 saturated heterocycles. The van der Waals surface area contributed by atoms with Crippen molar-refractivity contribution in [2.45, 2.75) is 0 Å². The van der Waals surface area contributed by atoms with Crippen molar-refractivity contribution >= 4 is 52.4 Å². The van der Waals surface area contributed by atoms with Crippen molar-refractivity contribution in [2.75, 3.05) is 19.6 Å². The molecule has 0 aliphatic carbocycles. The molecule has 160 valence electrons. The summed E-state index contributed by atoms with van der Waals surface area (Å²) >= 11 is 6.71. The molecule has 4 amide bonds. The average molecular weight is 462 g/mol. The van der Waals surface area contributed by atoms with Crippen LogP contribution in [0.3, 0.4) is 0 Å². The molecule has 2 aromatic carbocycles. The van der Waals surface area contributed by atoms with Crippen LogP contribution in [0.2, 0.25) is 5.02 Å². The van der Waals surface area contributed by atoms with Crippen molar-refractivity contribution in [3.63, 3.8) is 0 Å². The van der Waals surface area contributed by atoms with Gasteiger partial charge in [0.15, 0.2) is 0 Å². The fourth-order valence-corrected chi connectivity index (χ4v) is 3.76. The van der Waals surface area contributed by atoms with Gasteiger partial charge in [-0.15, -0.1) is 0 Å². The number of nitrogens with zero attached hydrogens (tertiary/aromatic N) is 1. The van der Waals surface area contributed by atoms with Crippen molar-refractivity contribution < 1.29 is 23.6 Å². The Hall–Kier alpha value is -3.17. The summed E-state index contributed by atoms with van der Waals surface area (Å²) in [6.45, 7) is -0.269. The fraction of sp³-hybridized carbons (Fsp3) is 0.143. The third-order valence-electron chi connectivity index (χ3n) is 4.23. The molecule has 0 atom stereocenters. The topological polar surface area (TPSA) is 95.6 Å². The number of rotatable bonds is 7. The Balaban J connectivity index is 1.46. The lowest BCUT2D eigenvalue weighted by atomic mass is 10.2. The van der Waals surface area contributed by atoms with Crippen molar-refractivity contribution in [3.05, 3.63) is 75.4 Å². The zero-order valence-electron chi connectivity index (χ0n) is 16.1. The molecular weight excluding hydrogens is 445 g/mol. The van der Waals surface area contributed by atoms with Gasteiger partial charge in [0.1, 0.15) is 5.82 Å². The van der Waals surface area contributed by atoms with E-state index in [0.29, 0.717) is 5.56 Å². The molecule has 1 aliphatic heterocycles. The Morgan fingerprint density at radius 1 is 1.06 bits per heavy atom. The summed E-state index contributed by atoms with van der Waals surface area (Å²) in [5, 5.41) is 4.80. The molecule has 10 heteroatoms. The molecule has 0 radical (unpaired) electrons. The van der Waals surface area contributed by atoms with Crippen LogP contribution in [0.1, 0.15) is 15.9 Å². The van der Waals surface area contributed by atoms with E-state index < -0.39 is 28.8 Å². The molecule has 1 heterocycles. The van der Waals surface area contributed by atoms with Gasteiger partial charge in [0.2, 0.25) is 5.91 Å². The molecular formula is C21H17ClFN3O4S. The molecule has 1 aliphatic rings. The Labute approximate surface area is 186 Å². The maximum absolute atomic E-state index is 13.0. The standard InChI is InChI=1S/C21H17ClFN3O4S/c22-16-4-2-1-3-15(16)19(28)25-12-18(27)24-9-10-26-20(29)17(31-21(26)30)11-13-5-7-14(23)8-6-13/h1-8,11H,9-10,12H2,(H,24,27)(H,25,28)/b17-11+. The van der Waals surface area contributed by atoms with Crippen molar-refractivity contribution in [1.29, 1.82) is 0 Å². The lowest BCUT2D eigenvalue weighted by molar-refractivity contribution is -0.124. The minimum absolute atomic E-state index is 0.0182. The number of halogens is 2.